The van der Waals surface area contributed by atoms with Crippen LogP contribution in [0.15, 0.2) is 12.4 Å². The summed E-state index contributed by atoms with van der Waals surface area (Å²) in [7, 11) is 3.09. The van der Waals surface area contributed by atoms with Crippen molar-refractivity contribution in [3.63, 3.8) is 0 Å². The van der Waals surface area contributed by atoms with Crippen LogP contribution in [0, 0.1) is 0 Å². The van der Waals surface area contributed by atoms with Gasteiger partial charge < -0.3 is 9.47 Å². The number of carbonyl (C=O) groups excluding carboxylic acids is 1. The molecule has 5 nitrogen and oxygen atoms in total. The number of ether oxygens (including phenoxy) is 2. The second-order valence-electron chi connectivity index (χ2n) is 3.42. The Morgan fingerprint density at radius 3 is 2.69 bits per heavy atom. The van der Waals surface area contributed by atoms with Crippen LogP contribution in [0.5, 0.6) is 5.88 Å². The molecule has 1 heterocycles. The summed E-state index contributed by atoms with van der Waals surface area (Å²) in [6.07, 6.45) is 4.08. The van der Waals surface area contributed by atoms with E-state index in [1.165, 1.54) is 19.5 Å². The maximum absolute atomic E-state index is 11.8. The number of methoxy groups -OCH3 is 2. The van der Waals surface area contributed by atoms with Crippen molar-refractivity contribution in [3.8, 4) is 5.88 Å². The minimum Gasteiger partial charge on any atom is -0.479 e. The number of carbonyl (C=O) groups is 1. The first-order valence-electron chi connectivity index (χ1n) is 5.10. The predicted molar refractivity (Wildman–Crippen MR) is 58.6 cm³/mol. The van der Waals surface area contributed by atoms with E-state index in [2.05, 4.69) is 9.97 Å². The van der Waals surface area contributed by atoms with Crippen molar-refractivity contribution < 1.29 is 14.3 Å². The Balaban J connectivity index is 2.65. The number of ketones is 1. The molecule has 1 atom stereocenters. The topological polar surface area (TPSA) is 61.3 Å². The molecule has 1 unspecified atom stereocenters. The van der Waals surface area contributed by atoms with Crippen molar-refractivity contribution >= 4 is 5.78 Å². The number of hydrogen-bond acceptors (Lipinski definition) is 5. The fourth-order valence-electron chi connectivity index (χ4n) is 1.24. The molecule has 0 spiro atoms. The molecule has 1 rings (SSSR count). The number of Topliss-reactive ketones (excluding diaryl/α,β-unsaturated/α-hetero) is 1. The van der Waals surface area contributed by atoms with Crippen LogP contribution in [0.3, 0.4) is 0 Å². The summed E-state index contributed by atoms with van der Waals surface area (Å²) < 4.78 is 10.0. The fraction of sp³-hybridized carbons (Fsp3) is 0.545. The molecular weight excluding hydrogens is 208 g/mol. The smallest absolute Gasteiger partial charge is 0.243 e. The van der Waals surface area contributed by atoms with Gasteiger partial charge in [-0.25, -0.2) is 9.97 Å². The van der Waals surface area contributed by atoms with Gasteiger partial charge in [0.05, 0.1) is 13.2 Å². The maximum atomic E-state index is 11.8. The highest BCUT2D eigenvalue weighted by Gasteiger charge is 2.15. The lowest BCUT2D eigenvalue weighted by molar-refractivity contribution is 0.0870. The van der Waals surface area contributed by atoms with Crippen LogP contribution in [0.1, 0.15) is 30.3 Å². The zero-order valence-corrected chi connectivity index (χ0v) is 9.77. The third-order valence-corrected chi connectivity index (χ3v) is 2.30. The van der Waals surface area contributed by atoms with Gasteiger partial charge in [-0.3, -0.25) is 4.79 Å². The van der Waals surface area contributed by atoms with Crippen LogP contribution in [-0.4, -0.2) is 36.1 Å². The van der Waals surface area contributed by atoms with Crippen LogP contribution in [0.2, 0.25) is 0 Å². The molecular formula is C11H16N2O3. The summed E-state index contributed by atoms with van der Waals surface area (Å²) in [4.78, 5) is 19.7. The van der Waals surface area contributed by atoms with E-state index in [0.717, 1.165) is 0 Å². The van der Waals surface area contributed by atoms with Crippen molar-refractivity contribution in [2.45, 2.75) is 25.9 Å². The van der Waals surface area contributed by atoms with Gasteiger partial charge in [-0.1, -0.05) is 0 Å². The molecule has 0 saturated carbocycles. The highest BCUT2D eigenvalue weighted by molar-refractivity contribution is 5.96. The molecule has 1 aromatic heterocycles. The van der Waals surface area contributed by atoms with Crippen LogP contribution in [0.4, 0.5) is 0 Å². The molecule has 1 aromatic rings. The van der Waals surface area contributed by atoms with Crippen molar-refractivity contribution in [1.29, 1.82) is 0 Å². The normalized spacial score (nSPS) is 12.2. The standard InChI is InChI=1S/C11H16N2O3/c1-8(15-2)4-5-9(14)10-11(16-3)13-7-6-12-10/h6-8H,4-5H2,1-3H3. The fourth-order valence-corrected chi connectivity index (χ4v) is 1.24. The molecule has 0 bridgehead atoms. The van der Waals surface area contributed by atoms with Gasteiger partial charge in [0.1, 0.15) is 0 Å². The minimum absolute atomic E-state index is 0.0617. The second kappa shape index (κ2) is 6.17. The largest absolute Gasteiger partial charge is 0.479 e. The number of nitrogens with zero attached hydrogens (tertiary/aromatic N) is 2. The summed E-state index contributed by atoms with van der Waals surface area (Å²) >= 11 is 0. The third kappa shape index (κ3) is 3.27. The summed E-state index contributed by atoms with van der Waals surface area (Å²) in [5.74, 6) is 0.200. The average molecular weight is 224 g/mol. The van der Waals surface area contributed by atoms with Crippen molar-refractivity contribution in [2.75, 3.05) is 14.2 Å². The monoisotopic (exact) mass is 224 g/mol. The molecule has 0 aliphatic carbocycles. The van der Waals surface area contributed by atoms with Crippen LogP contribution >= 0.6 is 0 Å². The van der Waals surface area contributed by atoms with Crippen LogP contribution in [-0.2, 0) is 4.74 Å². The lowest BCUT2D eigenvalue weighted by atomic mass is 10.1. The molecule has 0 saturated heterocycles. The van der Waals surface area contributed by atoms with E-state index in [1.807, 2.05) is 6.92 Å². The Bertz CT molecular complexity index is 355. The van der Waals surface area contributed by atoms with Gasteiger partial charge >= 0.3 is 0 Å². The van der Waals surface area contributed by atoms with Gasteiger partial charge in [0.15, 0.2) is 11.5 Å². The molecule has 0 aromatic carbocycles. The van der Waals surface area contributed by atoms with Gasteiger partial charge in [0.25, 0.3) is 0 Å². The summed E-state index contributed by atoms with van der Waals surface area (Å²) in [6.45, 7) is 1.92. The molecule has 0 aliphatic rings. The number of aromatic nitrogens is 2. The molecule has 0 N–H and O–H groups in total. The summed E-state index contributed by atoms with van der Waals surface area (Å²) in [5.41, 5.74) is 0.285. The zero-order valence-electron chi connectivity index (χ0n) is 9.77. The van der Waals surface area contributed by atoms with Crippen LogP contribution < -0.4 is 4.74 Å². The Morgan fingerprint density at radius 2 is 2.06 bits per heavy atom. The SMILES string of the molecule is COc1nccnc1C(=O)CCC(C)OC. The Hall–Kier alpha value is -1.49. The predicted octanol–water partition coefficient (Wildman–Crippen LogP) is 1.48. The first-order chi connectivity index (χ1) is 7.69. The molecule has 0 aliphatic heterocycles. The van der Waals surface area contributed by atoms with Crippen molar-refractivity contribution in [1.82, 2.24) is 9.97 Å². The molecule has 0 amide bonds. The molecule has 88 valence electrons. The van der Waals surface area contributed by atoms with Gasteiger partial charge in [-0.2, -0.15) is 0 Å². The zero-order chi connectivity index (χ0) is 12.0. The quantitative estimate of drug-likeness (QED) is 0.685. The third-order valence-electron chi connectivity index (χ3n) is 2.30. The van der Waals surface area contributed by atoms with Crippen molar-refractivity contribution in [3.05, 3.63) is 18.1 Å². The average Bonchev–Trinajstić information content (AvgIpc) is 2.35. The van der Waals surface area contributed by atoms with E-state index in [-0.39, 0.29) is 23.5 Å². The van der Waals surface area contributed by atoms with Gasteiger partial charge in [-0.15, -0.1) is 0 Å². The van der Waals surface area contributed by atoms with E-state index in [4.69, 9.17) is 9.47 Å². The van der Waals surface area contributed by atoms with E-state index in [9.17, 15) is 4.79 Å². The Morgan fingerprint density at radius 1 is 1.38 bits per heavy atom. The first kappa shape index (κ1) is 12.6. The Kier molecular flexibility index (Phi) is 4.85. The highest BCUT2D eigenvalue weighted by Crippen LogP contribution is 2.14. The van der Waals surface area contributed by atoms with Gasteiger partial charge in [0.2, 0.25) is 5.88 Å². The molecule has 5 heteroatoms. The van der Waals surface area contributed by atoms with E-state index in [1.54, 1.807) is 7.11 Å². The minimum atomic E-state index is -0.0751. The summed E-state index contributed by atoms with van der Waals surface area (Å²) in [5, 5.41) is 0. The Labute approximate surface area is 94.8 Å². The maximum Gasteiger partial charge on any atom is 0.243 e. The van der Waals surface area contributed by atoms with E-state index < -0.39 is 0 Å². The summed E-state index contributed by atoms with van der Waals surface area (Å²) in [6, 6.07) is 0. The van der Waals surface area contributed by atoms with Gasteiger partial charge in [0, 0.05) is 25.9 Å². The lowest BCUT2D eigenvalue weighted by Gasteiger charge is -2.08. The first-order valence-corrected chi connectivity index (χ1v) is 5.10. The number of rotatable bonds is 6. The lowest BCUT2D eigenvalue weighted by Crippen LogP contribution is -2.11. The van der Waals surface area contributed by atoms with Gasteiger partial charge in [-0.05, 0) is 13.3 Å². The molecule has 16 heavy (non-hydrogen) atoms. The molecule has 0 radical (unpaired) electrons. The highest BCUT2D eigenvalue weighted by atomic mass is 16.5. The number of hydrogen-bond donors (Lipinski definition) is 0. The van der Waals surface area contributed by atoms with E-state index in [0.29, 0.717) is 12.8 Å². The second-order valence-corrected chi connectivity index (χ2v) is 3.42. The van der Waals surface area contributed by atoms with E-state index >= 15 is 0 Å². The van der Waals surface area contributed by atoms with Crippen LogP contribution in [0.25, 0.3) is 0 Å². The van der Waals surface area contributed by atoms with Crippen molar-refractivity contribution in [2.24, 2.45) is 0 Å². The molecule has 0 fully saturated rings.